The van der Waals surface area contributed by atoms with E-state index in [9.17, 15) is 0 Å². The third-order valence-corrected chi connectivity index (χ3v) is 4.30. The molecular weight excluding hydrogens is 270 g/mol. The monoisotopic (exact) mass is 295 g/mol. The number of rotatable bonds is 5. The van der Waals surface area contributed by atoms with Crippen LogP contribution in [0.5, 0.6) is 0 Å². The van der Waals surface area contributed by atoms with Gasteiger partial charge >= 0.3 is 0 Å². The first-order valence-corrected chi connectivity index (χ1v) is 7.90. The molecule has 0 saturated carbocycles. The fraction of sp³-hybridized carbons (Fsp3) is 0.625. The lowest BCUT2D eigenvalue weighted by Gasteiger charge is -2.39. The molecule has 0 bridgehead atoms. The molecule has 112 valence electrons. The minimum atomic E-state index is 0.241. The number of hydrogen-bond acceptors (Lipinski definition) is 3. The van der Waals surface area contributed by atoms with Crippen molar-refractivity contribution in [1.82, 2.24) is 9.80 Å². The van der Waals surface area contributed by atoms with Crippen molar-refractivity contribution < 1.29 is 0 Å². The molecule has 20 heavy (non-hydrogen) atoms. The summed E-state index contributed by atoms with van der Waals surface area (Å²) in [6.07, 6.45) is 0. The van der Waals surface area contributed by atoms with Gasteiger partial charge in [0.1, 0.15) is 0 Å². The Labute approximate surface area is 127 Å². The fourth-order valence-corrected chi connectivity index (χ4v) is 3.25. The van der Waals surface area contributed by atoms with Crippen molar-refractivity contribution in [3.05, 3.63) is 34.9 Å². The standard InChI is InChI=1S/C16H26ClN3/c1-13(2)12-19-7-9-20(10-8-19)16(11-18)14-5-3-4-6-15(14)17/h3-6,13,16H,7-12,18H2,1-2H3. The zero-order valence-corrected chi connectivity index (χ0v) is 13.3. The van der Waals surface area contributed by atoms with Gasteiger partial charge in [-0.15, -0.1) is 0 Å². The molecule has 0 radical (unpaired) electrons. The zero-order chi connectivity index (χ0) is 14.5. The molecule has 1 saturated heterocycles. The Kier molecular flexibility index (Phi) is 5.85. The highest BCUT2D eigenvalue weighted by atomic mass is 35.5. The molecule has 2 rings (SSSR count). The van der Waals surface area contributed by atoms with Gasteiger partial charge < -0.3 is 10.6 Å². The van der Waals surface area contributed by atoms with Crippen LogP contribution in [0.15, 0.2) is 24.3 Å². The SMILES string of the molecule is CC(C)CN1CCN(C(CN)c2ccccc2Cl)CC1. The van der Waals surface area contributed by atoms with Crippen LogP contribution in [0, 0.1) is 5.92 Å². The van der Waals surface area contributed by atoms with Crippen molar-refractivity contribution in [1.29, 1.82) is 0 Å². The van der Waals surface area contributed by atoms with Gasteiger partial charge in [0.15, 0.2) is 0 Å². The van der Waals surface area contributed by atoms with Crippen molar-refractivity contribution in [2.45, 2.75) is 19.9 Å². The van der Waals surface area contributed by atoms with Crippen LogP contribution in [0.25, 0.3) is 0 Å². The topological polar surface area (TPSA) is 32.5 Å². The van der Waals surface area contributed by atoms with E-state index < -0.39 is 0 Å². The average Bonchev–Trinajstić information content (AvgIpc) is 2.43. The molecule has 0 aliphatic carbocycles. The van der Waals surface area contributed by atoms with Crippen LogP contribution in [-0.2, 0) is 0 Å². The normalized spacial score (nSPS) is 19.4. The molecule has 0 amide bonds. The van der Waals surface area contributed by atoms with E-state index >= 15 is 0 Å². The van der Waals surface area contributed by atoms with E-state index in [1.165, 1.54) is 6.54 Å². The summed E-state index contributed by atoms with van der Waals surface area (Å²) in [5.74, 6) is 0.732. The zero-order valence-electron chi connectivity index (χ0n) is 12.6. The van der Waals surface area contributed by atoms with E-state index in [0.717, 1.165) is 42.7 Å². The van der Waals surface area contributed by atoms with Gasteiger partial charge in [-0.3, -0.25) is 4.90 Å². The second-order valence-corrected chi connectivity index (χ2v) is 6.41. The second kappa shape index (κ2) is 7.41. The largest absolute Gasteiger partial charge is 0.329 e. The minimum Gasteiger partial charge on any atom is -0.329 e. The smallest absolute Gasteiger partial charge is 0.0486 e. The summed E-state index contributed by atoms with van der Waals surface area (Å²) in [6.45, 7) is 10.7. The Hall–Kier alpha value is -0.610. The molecule has 3 nitrogen and oxygen atoms in total. The lowest BCUT2D eigenvalue weighted by atomic mass is 10.0. The number of piperazine rings is 1. The van der Waals surface area contributed by atoms with E-state index in [2.05, 4.69) is 29.7 Å². The fourth-order valence-electron chi connectivity index (χ4n) is 2.99. The predicted molar refractivity (Wildman–Crippen MR) is 86.1 cm³/mol. The van der Waals surface area contributed by atoms with Crippen LogP contribution in [0.4, 0.5) is 0 Å². The molecule has 1 atom stereocenters. The first-order chi connectivity index (χ1) is 9.61. The van der Waals surface area contributed by atoms with Gasteiger partial charge in [-0.05, 0) is 17.5 Å². The number of nitrogens with zero attached hydrogens (tertiary/aromatic N) is 2. The Bertz CT molecular complexity index is 414. The van der Waals surface area contributed by atoms with Crippen LogP contribution in [-0.4, -0.2) is 49.1 Å². The third-order valence-electron chi connectivity index (χ3n) is 3.96. The molecule has 1 heterocycles. The summed E-state index contributed by atoms with van der Waals surface area (Å²) in [5.41, 5.74) is 7.17. The average molecular weight is 296 g/mol. The van der Waals surface area contributed by atoms with Gasteiger partial charge in [0, 0.05) is 50.3 Å². The van der Waals surface area contributed by atoms with Gasteiger partial charge in [-0.1, -0.05) is 43.6 Å². The van der Waals surface area contributed by atoms with Crippen molar-refractivity contribution in [2.24, 2.45) is 11.7 Å². The molecule has 1 aromatic rings. The molecule has 1 unspecified atom stereocenters. The Morgan fingerprint density at radius 1 is 1.15 bits per heavy atom. The minimum absolute atomic E-state index is 0.241. The third kappa shape index (κ3) is 3.95. The maximum atomic E-state index is 6.32. The van der Waals surface area contributed by atoms with E-state index in [1.807, 2.05) is 18.2 Å². The highest BCUT2D eigenvalue weighted by Gasteiger charge is 2.25. The van der Waals surface area contributed by atoms with Crippen molar-refractivity contribution in [3.63, 3.8) is 0 Å². The number of benzene rings is 1. The summed E-state index contributed by atoms with van der Waals surface area (Å²) in [4.78, 5) is 5.01. The quantitative estimate of drug-likeness (QED) is 0.906. The molecule has 0 aromatic heterocycles. The van der Waals surface area contributed by atoms with Crippen LogP contribution >= 0.6 is 11.6 Å². The van der Waals surface area contributed by atoms with Crippen LogP contribution in [0.2, 0.25) is 5.02 Å². The maximum Gasteiger partial charge on any atom is 0.0486 e. The molecule has 1 aliphatic rings. The molecular formula is C16H26ClN3. The summed E-state index contributed by atoms with van der Waals surface area (Å²) in [7, 11) is 0. The maximum absolute atomic E-state index is 6.32. The highest BCUT2D eigenvalue weighted by Crippen LogP contribution is 2.27. The number of halogens is 1. The Morgan fingerprint density at radius 3 is 2.35 bits per heavy atom. The summed E-state index contributed by atoms with van der Waals surface area (Å²) in [5, 5.41) is 0.826. The van der Waals surface area contributed by atoms with Crippen LogP contribution < -0.4 is 5.73 Å². The van der Waals surface area contributed by atoms with E-state index in [-0.39, 0.29) is 6.04 Å². The van der Waals surface area contributed by atoms with Gasteiger partial charge in [-0.2, -0.15) is 0 Å². The lowest BCUT2D eigenvalue weighted by Crippen LogP contribution is -2.49. The van der Waals surface area contributed by atoms with Gasteiger partial charge in [0.2, 0.25) is 0 Å². The van der Waals surface area contributed by atoms with Crippen molar-refractivity contribution in [2.75, 3.05) is 39.3 Å². The van der Waals surface area contributed by atoms with Gasteiger partial charge in [-0.25, -0.2) is 0 Å². The van der Waals surface area contributed by atoms with E-state index in [0.29, 0.717) is 6.54 Å². The highest BCUT2D eigenvalue weighted by molar-refractivity contribution is 6.31. The van der Waals surface area contributed by atoms with E-state index in [1.54, 1.807) is 0 Å². The second-order valence-electron chi connectivity index (χ2n) is 6.00. The molecule has 4 heteroatoms. The lowest BCUT2D eigenvalue weighted by molar-refractivity contribution is 0.0913. The molecule has 0 spiro atoms. The van der Waals surface area contributed by atoms with Gasteiger partial charge in [0.05, 0.1) is 0 Å². The number of nitrogens with two attached hydrogens (primary N) is 1. The van der Waals surface area contributed by atoms with Gasteiger partial charge in [0.25, 0.3) is 0 Å². The summed E-state index contributed by atoms with van der Waals surface area (Å²) < 4.78 is 0. The first-order valence-electron chi connectivity index (χ1n) is 7.52. The van der Waals surface area contributed by atoms with Crippen LogP contribution in [0.3, 0.4) is 0 Å². The summed E-state index contributed by atoms with van der Waals surface area (Å²) >= 11 is 6.32. The predicted octanol–water partition coefficient (Wildman–Crippen LogP) is 2.61. The van der Waals surface area contributed by atoms with E-state index in [4.69, 9.17) is 17.3 Å². The van der Waals surface area contributed by atoms with Crippen molar-refractivity contribution >= 4 is 11.6 Å². The molecule has 2 N–H and O–H groups in total. The number of hydrogen-bond donors (Lipinski definition) is 1. The summed E-state index contributed by atoms with van der Waals surface area (Å²) in [6, 6.07) is 8.30. The Balaban J connectivity index is 1.99. The molecule has 1 aromatic carbocycles. The Morgan fingerprint density at radius 2 is 1.80 bits per heavy atom. The molecule has 1 aliphatic heterocycles. The molecule has 1 fully saturated rings. The first kappa shape index (κ1) is 15.8. The van der Waals surface area contributed by atoms with Crippen molar-refractivity contribution in [3.8, 4) is 0 Å². The van der Waals surface area contributed by atoms with Crippen LogP contribution in [0.1, 0.15) is 25.5 Å².